The molecule has 0 saturated carbocycles. The van der Waals surface area contributed by atoms with Crippen molar-refractivity contribution in [3.8, 4) is 0 Å². The van der Waals surface area contributed by atoms with E-state index in [-0.39, 0.29) is 0 Å². The van der Waals surface area contributed by atoms with Crippen molar-refractivity contribution < 1.29 is 0 Å². The Morgan fingerprint density at radius 3 is 2.86 bits per heavy atom. The van der Waals surface area contributed by atoms with Crippen LogP contribution in [0.1, 0.15) is 43.0 Å². The fraction of sp³-hybridized carbons (Fsp3) is 0.706. The first-order valence-corrected chi connectivity index (χ1v) is 8.28. The lowest BCUT2D eigenvalue weighted by atomic mass is 9.96. The maximum Gasteiger partial charge on any atom is 0.133 e. The Morgan fingerprint density at radius 1 is 1.29 bits per heavy atom. The Bertz CT molecular complexity index is 514. The van der Waals surface area contributed by atoms with Crippen LogP contribution in [0.15, 0.2) is 6.07 Å². The van der Waals surface area contributed by atoms with Gasteiger partial charge in [-0.05, 0) is 51.8 Å². The summed E-state index contributed by atoms with van der Waals surface area (Å²) in [6.07, 6.45) is 4.05. The molecular weight excluding hydrogens is 260 g/mol. The smallest absolute Gasteiger partial charge is 0.133 e. The predicted octanol–water partition coefficient (Wildman–Crippen LogP) is 2.22. The molecule has 0 amide bonds. The molecule has 21 heavy (non-hydrogen) atoms. The fourth-order valence-corrected chi connectivity index (χ4v) is 3.98. The quantitative estimate of drug-likeness (QED) is 0.906. The predicted molar refractivity (Wildman–Crippen MR) is 87.6 cm³/mol. The van der Waals surface area contributed by atoms with Gasteiger partial charge in [-0.1, -0.05) is 6.42 Å². The number of nitrogens with zero attached hydrogens (tertiary/aromatic N) is 3. The third-order valence-corrected chi connectivity index (χ3v) is 5.12. The largest absolute Gasteiger partial charge is 0.351 e. The van der Waals surface area contributed by atoms with Crippen LogP contribution in [-0.2, 0) is 6.54 Å². The molecule has 0 bridgehead atoms. The van der Waals surface area contributed by atoms with Crippen molar-refractivity contribution in [2.24, 2.45) is 5.73 Å². The third-order valence-electron chi connectivity index (χ3n) is 5.12. The van der Waals surface area contributed by atoms with E-state index < -0.39 is 0 Å². The van der Waals surface area contributed by atoms with Crippen molar-refractivity contribution in [2.75, 3.05) is 24.5 Å². The van der Waals surface area contributed by atoms with Crippen molar-refractivity contribution in [2.45, 2.75) is 58.7 Å². The van der Waals surface area contributed by atoms with Crippen LogP contribution >= 0.6 is 0 Å². The van der Waals surface area contributed by atoms with Crippen molar-refractivity contribution in [3.63, 3.8) is 0 Å². The Kier molecular flexibility index (Phi) is 4.18. The highest BCUT2D eigenvalue weighted by atomic mass is 15.3. The number of pyridine rings is 1. The van der Waals surface area contributed by atoms with Gasteiger partial charge in [-0.2, -0.15) is 0 Å². The van der Waals surface area contributed by atoms with Crippen LogP contribution in [0, 0.1) is 13.8 Å². The minimum Gasteiger partial charge on any atom is -0.351 e. The summed E-state index contributed by atoms with van der Waals surface area (Å²) in [4.78, 5) is 10.0. The third kappa shape index (κ3) is 2.79. The van der Waals surface area contributed by atoms with Crippen molar-refractivity contribution >= 4 is 5.82 Å². The summed E-state index contributed by atoms with van der Waals surface area (Å²) in [5.41, 5.74) is 9.60. The number of aromatic nitrogens is 1. The molecule has 0 radical (unpaired) electrons. The molecule has 2 aliphatic rings. The summed E-state index contributed by atoms with van der Waals surface area (Å²) < 4.78 is 0. The molecule has 4 heteroatoms. The topological polar surface area (TPSA) is 45.4 Å². The highest BCUT2D eigenvalue weighted by Crippen LogP contribution is 2.30. The molecule has 0 aliphatic carbocycles. The van der Waals surface area contributed by atoms with Crippen LogP contribution in [-0.4, -0.2) is 41.6 Å². The van der Waals surface area contributed by atoms with Gasteiger partial charge in [-0.15, -0.1) is 0 Å². The lowest BCUT2D eigenvalue weighted by molar-refractivity contribution is 0.115. The highest BCUT2D eigenvalue weighted by molar-refractivity contribution is 5.53. The van der Waals surface area contributed by atoms with Crippen LogP contribution in [0.2, 0.25) is 0 Å². The van der Waals surface area contributed by atoms with Crippen molar-refractivity contribution in [1.82, 2.24) is 9.88 Å². The number of fused-ring (bicyclic) bond motifs is 1. The SMILES string of the molecule is Cc1cc(C)c(CN)c(N2CC3CCCCN3CC2C)n1. The lowest BCUT2D eigenvalue weighted by Gasteiger charge is -2.48. The highest BCUT2D eigenvalue weighted by Gasteiger charge is 2.34. The second kappa shape index (κ2) is 5.93. The van der Waals surface area contributed by atoms with E-state index >= 15 is 0 Å². The van der Waals surface area contributed by atoms with E-state index in [0.29, 0.717) is 18.6 Å². The van der Waals surface area contributed by atoms with Gasteiger partial charge in [-0.25, -0.2) is 4.98 Å². The summed E-state index contributed by atoms with van der Waals surface area (Å²) >= 11 is 0. The fourth-order valence-electron chi connectivity index (χ4n) is 3.98. The zero-order valence-electron chi connectivity index (χ0n) is 13.6. The van der Waals surface area contributed by atoms with Crippen LogP contribution in [0.4, 0.5) is 5.82 Å². The van der Waals surface area contributed by atoms with Crippen molar-refractivity contribution in [1.29, 1.82) is 0 Å². The molecule has 3 rings (SSSR count). The lowest BCUT2D eigenvalue weighted by Crippen LogP contribution is -2.59. The van der Waals surface area contributed by atoms with Crippen LogP contribution in [0.5, 0.6) is 0 Å². The molecule has 0 aromatic carbocycles. The minimum absolute atomic E-state index is 0.512. The summed E-state index contributed by atoms with van der Waals surface area (Å²) in [5.74, 6) is 1.13. The van der Waals surface area contributed by atoms with Crippen LogP contribution in [0.3, 0.4) is 0 Å². The Morgan fingerprint density at radius 2 is 2.10 bits per heavy atom. The number of piperidine rings is 1. The van der Waals surface area contributed by atoms with Gasteiger partial charge in [0.2, 0.25) is 0 Å². The second-order valence-electron chi connectivity index (χ2n) is 6.73. The number of aryl methyl sites for hydroxylation is 2. The zero-order chi connectivity index (χ0) is 15.0. The molecular formula is C17H28N4. The Balaban J connectivity index is 1.92. The molecule has 1 aromatic heterocycles. The summed E-state index contributed by atoms with van der Waals surface area (Å²) in [6, 6.07) is 3.36. The average Bonchev–Trinajstić information content (AvgIpc) is 2.45. The minimum atomic E-state index is 0.512. The Labute approximate surface area is 128 Å². The van der Waals surface area contributed by atoms with Crippen LogP contribution < -0.4 is 10.6 Å². The number of piperazine rings is 1. The van der Waals surface area contributed by atoms with Gasteiger partial charge in [-0.3, -0.25) is 4.90 Å². The van der Waals surface area contributed by atoms with E-state index in [1.54, 1.807) is 0 Å². The first-order chi connectivity index (χ1) is 10.1. The first kappa shape index (κ1) is 14.8. The van der Waals surface area contributed by atoms with E-state index in [1.807, 2.05) is 0 Å². The Hall–Kier alpha value is -1.13. The van der Waals surface area contributed by atoms with E-state index in [1.165, 1.54) is 36.9 Å². The number of nitrogens with two attached hydrogens (primary N) is 1. The average molecular weight is 288 g/mol. The number of hydrogen-bond donors (Lipinski definition) is 1. The first-order valence-electron chi connectivity index (χ1n) is 8.28. The molecule has 2 saturated heterocycles. The monoisotopic (exact) mass is 288 g/mol. The van der Waals surface area contributed by atoms with E-state index in [9.17, 15) is 0 Å². The number of rotatable bonds is 2. The zero-order valence-corrected chi connectivity index (χ0v) is 13.6. The number of anilines is 1. The number of hydrogen-bond acceptors (Lipinski definition) is 4. The van der Waals surface area contributed by atoms with Gasteiger partial charge in [0.05, 0.1) is 0 Å². The van der Waals surface area contributed by atoms with E-state index in [2.05, 4.69) is 36.6 Å². The molecule has 2 N–H and O–H groups in total. The van der Waals surface area contributed by atoms with Gasteiger partial charge >= 0.3 is 0 Å². The molecule has 0 spiro atoms. The maximum absolute atomic E-state index is 6.01. The molecule has 2 fully saturated rings. The van der Waals surface area contributed by atoms with E-state index in [0.717, 1.165) is 24.6 Å². The summed E-state index contributed by atoms with van der Waals surface area (Å²) in [5, 5.41) is 0. The molecule has 2 unspecified atom stereocenters. The summed E-state index contributed by atoms with van der Waals surface area (Å²) in [7, 11) is 0. The molecule has 2 aliphatic heterocycles. The van der Waals surface area contributed by atoms with Gasteiger partial charge in [0.15, 0.2) is 0 Å². The van der Waals surface area contributed by atoms with E-state index in [4.69, 9.17) is 10.7 Å². The van der Waals surface area contributed by atoms with Gasteiger partial charge in [0.25, 0.3) is 0 Å². The van der Waals surface area contributed by atoms with Gasteiger partial charge in [0.1, 0.15) is 5.82 Å². The molecule has 1 aromatic rings. The van der Waals surface area contributed by atoms with Gasteiger partial charge in [0, 0.05) is 43.0 Å². The molecule has 116 valence electrons. The maximum atomic E-state index is 6.01. The standard InChI is InChI=1S/C17H28N4/c1-12-8-13(2)19-17(16(12)9-18)21-11-15-6-4-5-7-20(15)10-14(21)3/h8,14-15H,4-7,9-11,18H2,1-3H3. The van der Waals surface area contributed by atoms with Crippen LogP contribution in [0.25, 0.3) is 0 Å². The molecule has 2 atom stereocenters. The summed E-state index contributed by atoms with van der Waals surface area (Å²) in [6.45, 7) is 10.7. The second-order valence-corrected chi connectivity index (χ2v) is 6.73. The molecule has 3 heterocycles. The van der Waals surface area contributed by atoms with Gasteiger partial charge < -0.3 is 10.6 Å². The molecule has 4 nitrogen and oxygen atoms in total. The van der Waals surface area contributed by atoms with Crippen molar-refractivity contribution in [3.05, 3.63) is 22.9 Å². The normalized spacial score (nSPS) is 26.8.